The molecule has 0 aliphatic rings. The smallest absolute Gasteiger partial charge is 0.255 e. The SMILES string of the molecule is COc1c(C)cccc1NC(=O)c1ccccc1. The minimum absolute atomic E-state index is 0.139. The molecule has 2 aromatic rings. The molecule has 0 spiro atoms. The number of hydrogen-bond donors (Lipinski definition) is 1. The van der Waals surface area contributed by atoms with Crippen LogP contribution < -0.4 is 10.1 Å². The molecule has 1 N–H and O–H groups in total. The maximum absolute atomic E-state index is 12.0. The van der Waals surface area contributed by atoms with Crippen molar-refractivity contribution in [2.24, 2.45) is 0 Å². The summed E-state index contributed by atoms with van der Waals surface area (Å²) in [6.45, 7) is 1.94. The Bertz CT molecular complexity index is 550. The molecule has 0 aliphatic carbocycles. The molecule has 1 amide bonds. The number of ether oxygens (including phenoxy) is 1. The van der Waals surface area contributed by atoms with Crippen molar-refractivity contribution in [3.63, 3.8) is 0 Å². The number of carbonyl (C=O) groups is 1. The molecular formula is C15H15NO2. The standard InChI is InChI=1S/C15H15NO2/c1-11-7-6-10-13(14(11)18-2)16-15(17)12-8-4-3-5-9-12/h3-10H,1-2H3,(H,16,17). The van der Waals surface area contributed by atoms with E-state index in [9.17, 15) is 4.79 Å². The van der Waals surface area contributed by atoms with Crippen molar-refractivity contribution in [3.8, 4) is 5.75 Å². The molecule has 3 nitrogen and oxygen atoms in total. The number of benzene rings is 2. The molecule has 0 saturated carbocycles. The summed E-state index contributed by atoms with van der Waals surface area (Å²) in [7, 11) is 1.60. The van der Waals surface area contributed by atoms with Crippen LogP contribution in [0.2, 0.25) is 0 Å². The summed E-state index contributed by atoms with van der Waals surface area (Å²) in [5.41, 5.74) is 2.30. The lowest BCUT2D eigenvalue weighted by molar-refractivity contribution is 0.102. The summed E-state index contributed by atoms with van der Waals surface area (Å²) in [5.74, 6) is 0.557. The Morgan fingerprint density at radius 1 is 1.06 bits per heavy atom. The topological polar surface area (TPSA) is 38.3 Å². The van der Waals surface area contributed by atoms with Crippen LogP contribution in [0, 0.1) is 6.92 Å². The number of methoxy groups -OCH3 is 1. The van der Waals surface area contributed by atoms with Crippen LogP contribution in [-0.4, -0.2) is 13.0 Å². The Morgan fingerprint density at radius 2 is 1.78 bits per heavy atom. The Kier molecular flexibility index (Phi) is 3.63. The molecule has 0 aliphatic heterocycles. The van der Waals surface area contributed by atoms with Crippen LogP contribution >= 0.6 is 0 Å². The zero-order valence-corrected chi connectivity index (χ0v) is 10.4. The van der Waals surface area contributed by atoms with Crippen molar-refractivity contribution in [1.29, 1.82) is 0 Å². The van der Waals surface area contributed by atoms with Crippen molar-refractivity contribution in [3.05, 3.63) is 59.7 Å². The van der Waals surface area contributed by atoms with Crippen LogP contribution in [0.3, 0.4) is 0 Å². The van der Waals surface area contributed by atoms with Gasteiger partial charge in [0.2, 0.25) is 0 Å². The number of rotatable bonds is 3. The highest BCUT2D eigenvalue weighted by Gasteiger charge is 2.10. The van der Waals surface area contributed by atoms with E-state index in [1.807, 2.05) is 43.3 Å². The Morgan fingerprint density at radius 3 is 2.44 bits per heavy atom. The Balaban J connectivity index is 2.25. The van der Waals surface area contributed by atoms with Crippen LogP contribution in [0.25, 0.3) is 0 Å². The predicted octanol–water partition coefficient (Wildman–Crippen LogP) is 3.26. The van der Waals surface area contributed by atoms with E-state index in [1.165, 1.54) is 0 Å². The molecule has 0 aromatic heterocycles. The summed E-state index contributed by atoms with van der Waals surface area (Å²) < 4.78 is 5.30. The van der Waals surface area contributed by atoms with Gasteiger partial charge in [-0.3, -0.25) is 4.79 Å². The van der Waals surface area contributed by atoms with Gasteiger partial charge in [0, 0.05) is 5.56 Å². The van der Waals surface area contributed by atoms with E-state index in [4.69, 9.17) is 4.74 Å². The summed E-state index contributed by atoms with van der Waals surface area (Å²) in [6, 6.07) is 14.8. The van der Waals surface area contributed by atoms with E-state index < -0.39 is 0 Å². The molecule has 3 heteroatoms. The number of para-hydroxylation sites is 1. The van der Waals surface area contributed by atoms with Crippen LogP contribution in [0.15, 0.2) is 48.5 Å². The predicted molar refractivity (Wildman–Crippen MR) is 72.1 cm³/mol. The van der Waals surface area contributed by atoms with Crippen LogP contribution in [0.4, 0.5) is 5.69 Å². The molecule has 18 heavy (non-hydrogen) atoms. The summed E-state index contributed by atoms with van der Waals surface area (Å²) >= 11 is 0. The highest BCUT2D eigenvalue weighted by Crippen LogP contribution is 2.28. The number of aryl methyl sites for hydroxylation is 1. The molecule has 2 aromatic carbocycles. The minimum Gasteiger partial charge on any atom is -0.494 e. The second kappa shape index (κ2) is 5.36. The van der Waals surface area contributed by atoms with Gasteiger partial charge in [-0.1, -0.05) is 30.3 Å². The van der Waals surface area contributed by atoms with Gasteiger partial charge in [-0.15, -0.1) is 0 Å². The average Bonchev–Trinajstić information content (AvgIpc) is 2.40. The molecule has 0 bridgehead atoms. The number of hydrogen-bond acceptors (Lipinski definition) is 2. The Labute approximate surface area is 106 Å². The number of amides is 1. The van der Waals surface area contributed by atoms with E-state index in [1.54, 1.807) is 19.2 Å². The zero-order chi connectivity index (χ0) is 13.0. The van der Waals surface area contributed by atoms with Gasteiger partial charge < -0.3 is 10.1 Å². The molecule has 0 saturated heterocycles. The molecule has 0 heterocycles. The first-order valence-electron chi connectivity index (χ1n) is 5.72. The van der Waals surface area contributed by atoms with E-state index in [0.29, 0.717) is 17.0 Å². The fraction of sp³-hybridized carbons (Fsp3) is 0.133. The number of carbonyl (C=O) groups excluding carboxylic acids is 1. The van der Waals surface area contributed by atoms with Gasteiger partial charge >= 0.3 is 0 Å². The third-order valence-corrected chi connectivity index (χ3v) is 2.70. The highest BCUT2D eigenvalue weighted by atomic mass is 16.5. The number of nitrogens with one attached hydrogen (secondary N) is 1. The average molecular weight is 241 g/mol. The minimum atomic E-state index is -0.139. The van der Waals surface area contributed by atoms with Gasteiger partial charge in [-0.05, 0) is 30.7 Å². The lowest BCUT2D eigenvalue weighted by Gasteiger charge is -2.12. The molecule has 2 rings (SSSR count). The third-order valence-electron chi connectivity index (χ3n) is 2.70. The Hall–Kier alpha value is -2.29. The first kappa shape index (κ1) is 12.2. The van der Waals surface area contributed by atoms with Crippen molar-refractivity contribution < 1.29 is 9.53 Å². The van der Waals surface area contributed by atoms with Crippen molar-refractivity contribution in [2.75, 3.05) is 12.4 Å². The van der Waals surface area contributed by atoms with Crippen molar-refractivity contribution >= 4 is 11.6 Å². The maximum atomic E-state index is 12.0. The molecule has 0 atom stereocenters. The van der Waals surface area contributed by atoms with E-state index in [0.717, 1.165) is 5.56 Å². The van der Waals surface area contributed by atoms with E-state index in [2.05, 4.69) is 5.32 Å². The first-order chi connectivity index (χ1) is 8.72. The third kappa shape index (κ3) is 2.51. The van der Waals surface area contributed by atoms with Gasteiger partial charge in [0.15, 0.2) is 0 Å². The fourth-order valence-corrected chi connectivity index (χ4v) is 1.81. The molecule has 0 fully saturated rings. The second-order valence-electron chi connectivity index (χ2n) is 3.98. The highest BCUT2D eigenvalue weighted by molar-refractivity contribution is 6.05. The largest absolute Gasteiger partial charge is 0.494 e. The maximum Gasteiger partial charge on any atom is 0.255 e. The van der Waals surface area contributed by atoms with Gasteiger partial charge in [0.25, 0.3) is 5.91 Å². The second-order valence-corrected chi connectivity index (χ2v) is 3.98. The molecule has 92 valence electrons. The van der Waals surface area contributed by atoms with Crippen LogP contribution in [0.1, 0.15) is 15.9 Å². The van der Waals surface area contributed by atoms with E-state index >= 15 is 0 Å². The molecular weight excluding hydrogens is 226 g/mol. The summed E-state index contributed by atoms with van der Waals surface area (Å²) in [5, 5.41) is 2.85. The molecule has 0 radical (unpaired) electrons. The van der Waals surface area contributed by atoms with Crippen LogP contribution in [0.5, 0.6) is 5.75 Å². The fourth-order valence-electron chi connectivity index (χ4n) is 1.81. The summed E-state index contributed by atoms with van der Waals surface area (Å²) in [6.07, 6.45) is 0. The zero-order valence-electron chi connectivity index (χ0n) is 10.4. The first-order valence-corrected chi connectivity index (χ1v) is 5.72. The monoisotopic (exact) mass is 241 g/mol. The van der Waals surface area contributed by atoms with Gasteiger partial charge in [0.05, 0.1) is 12.8 Å². The van der Waals surface area contributed by atoms with E-state index in [-0.39, 0.29) is 5.91 Å². The van der Waals surface area contributed by atoms with Gasteiger partial charge in [0.1, 0.15) is 5.75 Å². The normalized spacial score (nSPS) is 9.89. The lowest BCUT2D eigenvalue weighted by atomic mass is 10.1. The lowest BCUT2D eigenvalue weighted by Crippen LogP contribution is -2.12. The van der Waals surface area contributed by atoms with Crippen LogP contribution in [-0.2, 0) is 0 Å². The molecule has 0 unspecified atom stereocenters. The van der Waals surface area contributed by atoms with Gasteiger partial charge in [-0.2, -0.15) is 0 Å². The summed E-state index contributed by atoms with van der Waals surface area (Å²) in [4.78, 5) is 12.0. The van der Waals surface area contributed by atoms with Crippen molar-refractivity contribution in [2.45, 2.75) is 6.92 Å². The quantitative estimate of drug-likeness (QED) is 0.895. The number of anilines is 1. The van der Waals surface area contributed by atoms with Gasteiger partial charge in [-0.25, -0.2) is 0 Å². The van der Waals surface area contributed by atoms with Crippen molar-refractivity contribution in [1.82, 2.24) is 0 Å².